The molecule has 1 aromatic carbocycles. The summed E-state index contributed by atoms with van der Waals surface area (Å²) in [4.78, 5) is 22.0. The predicted molar refractivity (Wildman–Crippen MR) is 69.9 cm³/mol. The quantitative estimate of drug-likeness (QED) is 0.793. The van der Waals surface area contributed by atoms with E-state index in [0.717, 1.165) is 0 Å². The highest BCUT2D eigenvalue weighted by Gasteiger charge is 2.14. The normalized spacial score (nSPS) is 11.5. The summed E-state index contributed by atoms with van der Waals surface area (Å²) >= 11 is 3.28. The predicted octanol–water partition coefficient (Wildman–Crippen LogP) is 2.05. The van der Waals surface area contributed by atoms with E-state index in [0.29, 0.717) is 15.9 Å². The van der Waals surface area contributed by atoms with Gasteiger partial charge in [0.1, 0.15) is 11.8 Å². The van der Waals surface area contributed by atoms with E-state index in [1.807, 2.05) is 0 Å². The summed E-state index contributed by atoms with van der Waals surface area (Å²) in [6.45, 7) is 1.38. The van der Waals surface area contributed by atoms with E-state index in [1.54, 1.807) is 18.2 Å². The molecule has 0 aliphatic rings. The zero-order valence-corrected chi connectivity index (χ0v) is 11.4. The molecule has 0 fully saturated rings. The van der Waals surface area contributed by atoms with Crippen LogP contribution in [-0.4, -0.2) is 30.3 Å². The second kappa shape index (κ2) is 6.25. The van der Waals surface area contributed by atoms with E-state index in [1.165, 1.54) is 14.0 Å². The number of hydrogen-bond acceptors (Lipinski definition) is 3. The van der Waals surface area contributed by atoms with Gasteiger partial charge in [-0.05, 0) is 41.1 Å². The molecule has 0 aliphatic heterocycles. The molecule has 0 saturated carbocycles. The van der Waals surface area contributed by atoms with Crippen molar-refractivity contribution in [3.63, 3.8) is 0 Å². The minimum atomic E-state index is -1.10. The first-order chi connectivity index (χ1) is 8.43. The zero-order chi connectivity index (χ0) is 13.7. The van der Waals surface area contributed by atoms with Crippen LogP contribution in [0.1, 0.15) is 6.92 Å². The van der Waals surface area contributed by atoms with Gasteiger partial charge in [0.15, 0.2) is 0 Å². The molecular weight excluding hydrogens is 304 g/mol. The number of benzene rings is 1. The molecule has 7 heteroatoms. The van der Waals surface area contributed by atoms with E-state index < -0.39 is 18.0 Å². The third-order valence-electron chi connectivity index (χ3n) is 2.13. The fourth-order valence-corrected chi connectivity index (χ4v) is 1.71. The maximum absolute atomic E-state index is 11.5. The number of rotatable bonds is 4. The van der Waals surface area contributed by atoms with Crippen LogP contribution < -0.4 is 15.4 Å². The van der Waals surface area contributed by atoms with Gasteiger partial charge in [0.05, 0.1) is 11.6 Å². The summed E-state index contributed by atoms with van der Waals surface area (Å²) < 4.78 is 5.74. The zero-order valence-electron chi connectivity index (χ0n) is 9.86. The molecule has 0 aliphatic carbocycles. The number of hydrogen-bond donors (Lipinski definition) is 3. The first kappa shape index (κ1) is 14.3. The number of amides is 2. The van der Waals surface area contributed by atoms with Crippen molar-refractivity contribution in [3.05, 3.63) is 22.7 Å². The average molecular weight is 317 g/mol. The smallest absolute Gasteiger partial charge is 0.325 e. The van der Waals surface area contributed by atoms with Crippen molar-refractivity contribution >= 4 is 33.6 Å². The van der Waals surface area contributed by atoms with E-state index in [2.05, 4.69) is 26.6 Å². The molecule has 6 nitrogen and oxygen atoms in total. The number of halogens is 1. The van der Waals surface area contributed by atoms with Gasteiger partial charge in [-0.1, -0.05) is 0 Å². The number of methoxy groups -OCH3 is 1. The molecule has 0 radical (unpaired) electrons. The van der Waals surface area contributed by atoms with Crippen LogP contribution in [0.4, 0.5) is 10.5 Å². The SMILES string of the molecule is COc1ccc(NC(=O)NC(C)C(=O)O)cc1Br. The number of nitrogens with one attached hydrogen (secondary N) is 2. The molecule has 3 N–H and O–H groups in total. The van der Waals surface area contributed by atoms with E-state index in [-0.39, 0.29) is 0 Å². The van der Waals surface area contributed by atoms with Gasteiger partial charge in [0, 0.05) is 5.69 Å². The lowest BCUT2D eigenvalue weighted by Crippen LogP contribution is -2.40. The molecule has 1 atom stereocenters. The van der Waals surface area contributed by atoms with Crippen molar-refractivity contribution in [3.8, 4) is 5.75 Å². The summed E-state index contributed by atoms with van der Waals surface area (Å²) in [5.41, 5.74) is 0.526. The van der Waals surface area contributed by atoms with Crippen LogP contribution in [-0.2, 0) is 4.79 Å². The van der Waals surface area contributed by atoms with Gasteiger partial charge >= 0.3 is 12.0 Å². The van der Waals surface area contributed by atoms with Crippen LogP contribution in [0.2, 0.25) is 0 Å². The Morgan fingerprint density at radius 3 is 2.61 bits per heavy atom. The molecule has 18 heavy (non-hydrogen) atoms. The first-order valence-electron chi connectivity index (χ1n) is 5.08. The second-order valence-corrected chi connectivity index (χ2v) is 4.36. The summed E-state index contributed by atoms with van der Waals surface area (Å²) in [5.74, 6) is -0.457. The number of carbonyl (C=O) groups excluding carboxylic acids is 1. The number of carbonyl (C=O) groups is 2. The van der Waals surface area contributed by atoms with Crippen LogP contribution in [0.15, 0.2) is 22.7 Å². The number of carboxylic acids is 1. The van der Waals surface area contributed by atoms with Gasteiger partial charge in [-0.25, -0.2) is 4.79 Å². The highest BCUT2D eigenvalue weighted by Crippen LogP contribution is 2.27. The standard InChI is InChI=1S/C11H13BrN2O4/c1-6(10(15)16)13-11(17)14-7-3-4-9(18-2)8(12)5-7/h3-6H,1-2H3,(H,15,16)(H2,13,14,17). The van der Waals surface area contributed by atoms with E-state index >= 15 is 0 Å². The molecule has 1 unspecified atom stereocenters. The fourth-order valence-electron chi connectivity index (χ4n) is 1.17. The van der Waals surface area contributed by atoms with Gasteiger partial charge in [0.2, 0.25) is 0 Å². The monoisotopic (exact) mass is 316 g/mol. The first-order valence-corrected chi connectivity index (χ1v) is 5.87. The minimum absolute atomic E-state index is 0.526. The van der Waals surface area contributed by atoms with Crippen LogP contribution in [0.5, 0.6) is 5.75 Å². The maximum Gasteiger partial charge on any atom is 0.325 e. The molecule has 0 heterocycles. The summed E-state index contributed by atoms with van der Waals surface area (Å²) in [6, 6.07) is 3.45. The van der Waals surface area contributed by atoms with Gasteiger partial charge in [-0.2, -0.15) is 0 Å². The van der Waals surface area contributed by atoms with Crippen LogP contribution in [0, 0.1) is 0 Å². The number of aliphatic carboxylic acids is 1. The van der Waals surface area contributed by atoms with Gasteiger partial charge in [-0.15, -0.1) is 0 Å². The lowest BCUT2D eigenvalue weighted by Gasteiger charge is -2.11. The molecule has 0 aromatic heterocycles. The fraction of sp³-hybridized carbons (Fsp3) is 0.273. The third kappa shape index (κ3) is 3.92. The highest BCUT2D eigenvalue weighted by molar-refractivity contribution is 9.10. The second-order valence-electron chi connectivity index (χ2n) is 3.51. The Hall–Kier alpha value is -1.76. The molecular formula is C11H13BrN2O4. The molecule has 0 bridgehead atoms. The number of urea groups is 1. The Labute approximate surface area is 112 Å². The number of carboxylic acid groups (broad SMARTS) is 1. The molecule has 1 aromatic rings. The lowest BCUT2D eigenvalue weighted by molar-refractivity contribution is -0.138. The van der Waals surface area contributed by atoms with Crippen molar-refractivity contribution in [2.45, 2.75) is 13.0 Å². The Kier molecular flexibility index (Phi) is 4.96. The van der Waals surface area contributed by atoms with Gasteiger partial charge < -0.3 is 20.5 Å². The van der Waals surface area contributed by atoms with Crippen LogP contribution >= 0.6 is 15.9 Å². The largest absolute Gasteiger partial charge is 0.496 e. The highest BCUT2D eigenvalue weighted by atomic mass is 79.9. The Morgan fingerprint density at radius 2 is 2.11 bits per heavy atom. The van der Waals surface area contributed by atoms with Crippen molar-refractivity contribution in [1.29, 1.82) is 0 Å². The molecule has 1 rings (SSSR count). The molecule has 2 amide bonds. The Morgan fingerprint density at radius 1 is 1.44 bits per heavy atom. The van der Waals surface area contributed by atoms with Crippen molar-refractivity contribution in [2.24, 2.45) is 0 Å². The van der Waals surface area contributed by atoms with Gasteiger partial charge in [-0.3, -0.25) is 4.79 Å². The molecule has 98 valence electrons. The molecule has 0 saturated heterocycles. The van der Waals surface area contributed by atoms with E-state index in [9.17, 15) is 9.59 Å². The Bertz CT molecular complexity index is 464. The van der Waals surface area contributed by atoms with Crippen molar-refractivity contribution < 1.29 is 19.4 Å². The number of ether oxygens (including phenoxy) is 1. The van der Waals surface area contributed by atoms with Gasteiger partial charge in [0.25, 0.3) is 0 Å². The Balaban J connectivity index is 2.65. The van der Waals surface area contributed by atoms with Crippen molar-refractivity contribution in [1.82, 2.24) is 5.32 Å². The maximum atomic E-state index is 11.5. The van der Waals surface area contributed by atoms with Crippen LogP contribution in [0.3, 0.4) is 0 Å². The topological polar surface area (TPSA) is 87.7 Å². The average Bonchev–Trinajstić information content (AvgIpc) is 2.28. The summed E-state index contributed by atoms with van der Waals surface area (Å²) in [7, 11) is 1.54. The molecule has 0 spiro atoms. The lowest BCUT2D eigenvalue weighted by atomic mass is 10.3. The summed E-state index contributed by atoms with van der Waals surface area (Å²) in [5, 5.41) is 13.4. The summed E-state index contributed by atoms with van der Waals surface area (Å²) in [6.07, 6.45) is 0. The minimum Gasteiger partial charge on any atom is -0.496 e. The van der Waals surface area contributed by atoms with E-state index in [4.69, 9.17) is 9.84 Å². The van der Waals surface area contributed by atoms with Crippen LogP contribution in [0.25, 0.3) is 0 Å². The van der Waals surface area contributed by atoms with Crippen molar-refractivity contribution in [2.75, 3.05) is 12.4 Å². The number of anilines is 1. The third-order valence-corrected chi connectivity index (χ3v) is 2.75.